The maximum atomic E-state index is 10.9. The van der Waals surface area contributed by atoms with Gasteiger partial charge in [0, 0.05) is 12.2 Å². The molecule has 0 saturated heterocycles. The van der Waals surface area contributed by atoms with E-state index in [4.69, 9.17) is 0 Å². The third kappa shape index (κ3) is 5.82. The van der Waals surface area contributed by atoms with Gasteiger partial charge in [-0.15, -0.1) is 0 Å². The number of hydrogen-bond donors (Lipinski definition) is 1. The Balaban J connectivity index is 0.00000361. The Bertz CT molecular complexity index is 438. The second kappa shape index (κ2) is 9.38. The van der Waals surface area contributed by atoms with Crippen LogP contribution in [0.3, 0.4) is 0 Å². The zero-order valence-corrected chi connectivity index (χ0v) is 12.7. The summed E-state index contributed by atoms with van der Waals surface area (Å²) in [6.07, 6.45) is 3.49. The van der Waals surface area contributed by atoms with Gasteiger partial charge in [0.2, 0.25) is 0 Å². The average Bonchev–Trinajstić information content (AvgIpc) is 2.33. The van der Waals surface area contributed by atoms with Gasteiger partial charge in [0.1, 0.15) is 0 Å². The third-order valence-electron chi connectivity index (χ3n) is 3.12. The van der Waals surface area contributed by atoms with E-state index in [0.29, 0.717) is 18.4 Å². The van der Waals surface area contributed by atoms with Crippen LogP contribution in [0.5, 0.6) is 0 Å². The molecule has 0 saturated carbocycles. The van der Waals surface area contributed by atoms with Crippen LogP contribution >= 0.6 is 0 Å². The van der Waals surface area contributed by atoms with Crippen LogP contribution in [0, 0.1) is 0 Å². The fourth-order valence-corrected chi connectivity index (χ4v) is 2.14. The molecule has 0 unspecified atom stereocenters. The van der Waals surface area contributed by atoms with Gasteiger partial charge in [-0.2, -0.15) is 0 Å². The molecule has 1 aromatic carbocycles. The van der Waals surface area contributed by atoms with E-state index in [-0.39, 0.29) is 35.3 Å². The molecule has 0 spiro atoms. The summed E-state index contributed by atoms with van der Waals surface area (Å²) in [4.78, 5) is 10.9. The zero-order valence-electron chi connectivity index (χ0n) is 12.7. The quantitative estimate of drug-likeness (QED) is 0.635. The standard InChI is InChI=1S/C17H25NO.Na.H/c1-12(2)15-9-6-10-16(13(3)4)17(15)18-11-7-8-14(5)19;;/h6-10,12-13,18H,11H2,1-5H3;;. The minimum atomic E-state index is 0. The van der Waals surface area contributed by atoms with Crippen molar-refractivity contribution in [2.24, 2.45) is 0 Å². The van der Waals surface area contributed by atoms with E-state index in [1.807, 2.05) is 6.08 Å². The van der Waals surface area contributed by atoms with Gasteiger partial charge in [0.15, 0.2) is 5.78 Å². The van der Waals surface area contributed by atoms with Crippen molar-refractivity contribution in [3.8, 4) is 0 Å². The molecule has 1 N–H and O–H groups in total. The topological polar surface area (TPSA) is 29.1 Å². The van der Waals surface area contributed by atoms with E-state index in [2.05, 4.69) is 51.2 Å². The first-order valence-electron chi connectivity index (χ1n) is 6.97. The van der Waals surface area contributed by atoms with Gasteiger partial charge in [0.05, 0.1) is 0 Å². The molecule has 0 heterocycles. The van der Waals surface area contributed by atoms with Crippen molar-refractivity contribution in [1.82, 2.24) is 0 Å². The summed E-state index contributed by atoms with van der Waals surface area (Å²) in [5, 5.41) is 3.46. The molecule has 0 aliphatic carbocycles. The molecule has 1 aromatic rings. The van der Waals surface area contributed by atoms with Crippen molar-refractivity contribution in [3.63, 3.8) is 0 Å². The molecule has 0 amide bonds. The summed E-state index contributed by atoms with van der Waals surface area (Å²) in [5.74, 6) is 1.05. The average molecular weight is 283 g/mol. The number of anilines is 1. The number of ketones is 1. The van der Waals surface area contributed by atoms with Crippen LogP contribution in [0.4, 0.5) is 5.69 Å². The van der Waals surface area contributed by atoms with Crippen LogP contribution in [0.1, 0.15) is 57.6 Å². The van der Waals surface area contributed by atoms with Gasteiger partial charge in [-0.3, -0.25) is 4.79 Å². The number of hydrogen-bond acceptors (Lipinski definition) is 2. The normalized spacial score (nSPS) is 10.9. The summed E-state index contributed by atoms with van der Waals surface area (Å²) < 4.78 is 0. The summed E-state index contributed by atoms with van der Waals surface area (Å²) >= 11 is 0. The van der Waals surface area contributed by atoms with Crippen LogP contribution in [0.2, 0.25) is 0 Å². The molecule has 0 radical (unpaired) electrons. The van der Waals surface area contributed by atoms with Crippen LogP contribution in [-0.4, -0.2) is 41.9 Å². The summed E-state index contributed by atoms with van der Waals surface area (Å²) in [5.41, 5.74) is 3.89. The van der Waals surface area contributed by atoms with E-state index in [1.165, 1.54) is 16.8 Å². The maximum absolute atomic E-state index is 10.9. The van der Waals surface area contributed by atoms with E-state index < -0.39 is 0 Å². The summed E-state index contributed by atoms with van der Waals surface area (Å²) in [6.45, 7) is 11.1. The Morgan fingerprint density at radius 1 is 1.15 bits per heavy atom. The predicted molar refractivity (Wildman–Crippen MR) is 90.1 cm³/mol. The van der Waals surface area contributed by atoms with E-state index in [9.17, 15) is 4.79 Å². The molecule has 20 heavy (non-hydrogen) atoms. The van der Waals surface area contributed by atoms with Gasteiger partial charge >= 0.3 is 29.6 Å². The Morgan fingerprint density at radius 3 is 2.05 bits per heavy atom. The predicted octanol–water partition coefficient (Wildman–Crippen LogP) is 3.84. The Labute approximate surface area is 145 Å². The molecule has 0 aliphatic heterocycles. The number of carbonyl (C=O) groups excluding carboxylic acids is 1. The van der Waals surface area contributed by atoms with Gasteiger partial charge in [-0.05, 0) is 36.0 Å². The van der Waals surface area contributed by atoms with Crippen molar-refractivity contribution >= 4 is 41.0 Å². The molecule has 106 valence electrons. The molecule has 3 heteroatoms. The van der Waals surface area contributed by atoms with Crippen molar-refractivity contribution in [3.05, 3.63) is 41.5 Å². The van der Waals surface area contributed by atoms with Gasteiger partial charge < -0.3 is 5.32 Å². The fraction of sp³-hybridized carbons (Fsp3) is 0.471. The number of rotatable bonds is 6. The van der Waals surface area contributed by atoms with Crippen LogP contribution in [0.25, 0.3) is 0 Å². The molecule has 0 aliphatic rings. The van der Waals surface area contributed by atoms with E-state index in [0.717, 1.165) is 0 Å². The molecule has 0 aromatic heterocycles. The molecule has 0 fully saturated rings. The Hall–Kier alpha value is -0.570. The molecule has 0 atom stereocenters. The van der Waals surface area contributed by atoms with Crippen molar-refractivity contribution < 1.29 is 4.79 Å². The van der Waals surface area contributed by atoms with Gasteiger partial charge in [0.25, 0.3) is 0 Å². The van der Waals surface area contributed by atoms with Crippen molar-refractivity contribution in [1.29, 1.82) is 0 Å². The second-order valence-corrected chi connectivity index (χ2v) is 5.51. The third-order valence-corrected chi connectivity index (χ3v) is 3.12. The van der Waals surface area contributed by atoms with Crippen LogP contribution < -0.4 is 5.32 Å². The minimum absolute atomic E-state index is 0. The monoisotopic (exact) mass is 283 g/mol. The summed E-state index contributed by atoms with van der Waals surface area (Å²) in [7, 11) is 0. The van der Waals surface area contributed by atoms with Gasteiger partial charge in [-0.25, -0.2) is 0 Å². The van der Waals surface area contributed by atoms with Crippen LogP contribution in [-0.2, 0) is 4.79 Å². The molecule has 1 rings (SSSR count). The van der Waals surface area contributed by atoms with Gasteiger partial charge in [-0.1, -0.05) is 52.0 Å². The molecule has 0 bridgehead atoms. The number of carbonyl (C=O) groups is 1. The first kappa shape index (κ1) is 19.4. The molecular weight excluding hydrogens is 257 g/mol. The summed E-state index contributed by atoms with van der Waals surface area (Å²) in [6, 6.07) is 6.47. The fourth-order valence-electron chi connectivity index (χ4n) is 2.14. The SMILES string of the molecule is CC(=O)C=CCNc1c(C(C)C)cccc1C(C)C.[NaH]. The van der Waals surface area contributed by atoms with E-state index in [1.54, 1.807) is 13.0 Å². The van der Waals surface area contributed by atoms with Crippen LogP contribution in [0.15, 0.2) is 30.4 Å². The number of allylic oxidation sites excluding steroid dienone is 1. The Kier molecular flexibility index (Phi) is 9.11. The zero-order chi connectivity index (χ0) is 14.4. The number of para-hydroxylation sites is 1. The van der Waals surface area contributed by atoms with E-state index >= 15 is 0 Å². The van der Waals surface area contributed by atoms with Crippen molar-refractivity contribution in [2.75, 3.05) is 11.9 Å². The Morgan fingerprint density at radius 2 is 1.65 bits per heavy atom. The first-order valence-corrected chi connectivity index (χ1v) is 6.97. The number of benzene rings is 1. The number of nitrogens with one attached hydrogen (secondary N) is 1. The van der Waals surface area contributed by atoms with Crippen molar-refractivity contribution in [2.45, 2.75) is 46.5 Å². The molecular formula is C17H26NNaO. The second-order valence-electron chi connectivity index (χ2n) is 5.51. The molecule has 2 nitrogen and oxygen atoms in total. The first-order chi connectivity index (χ1) is 8.93.